The lowest BCUT2D eigenvalue weighted by molar-refractivity contribution is 0.301. The van der Waals surface area contributed by atoms with Gasteiger partial charge >= 0.3 is 0 Å². The van der Waals surface area contributed by atoms with Crippen LogP contribution in [0.1, 0.15) is 11.3 Å². The van der Waals surface area contributed by atoms with Gasteiger partial charge in [-0.3, -0.25) is 0 Å². The molecule has 2 heterocycles. The molecule has 2 aromatic heterocycles. The van der Waals surface area contributed by atoms with Gasteiger partial charge in [-0.1, -0.05) is 18.2 Å². The summed E-state index contributed by atoms with van der Waals surface area (Å²) in [5, 5.41) is 0. The first-order valence-electron chi connectivity index (χ1n) is 6.81. The maximum absolute atomic E-state index is 13.6. The van der Waals surface area contributed by atoms with Gasteiger partial charge in [-0.25, -0.2) is 9.37 Å². The zero-order valence-electron chi connectivity index (χ0n) is 11.5. The van der Waals surface area contributed by atoms with Crippen LogP contribution in [-0.2, 0) is 13.0 Å². The van der Waals surface area contributed by atoms with Gasteiger partial charge in [0.25, 0.3) is 0 Å². The summed E-state index contributed by atoms with van der Waals surface area (Å²) in [6, 6.07) is 10.3. The first kappa shape index (κ1) is 13.6. The molecule has 0 radical (unpaired) electrons. The molecule has 3 rings (SSSR count). The Balaban J connectivity index is 1.85. The van der Waals surface area contributed by atoms with Crippen molar-refractivity contribution in [3.63, 3.8) is 0 Å². The molecule has 0 spiro atoms. The number of benzene rings is 1. The number of ether oxygens (including phenoxy) is 1. The van der Waals surface area contributed by atoms with Gasteiger partial charge < -0.3 is 14.9 Å². The highest BCUT2D eigenvalue weighted by molar-refractivity contribution is 5.54. The molecular formula is C16H16FN3O. The molecule has 0 atom stereocenters. The number of rotatable bonds is 5. The van der Waals surface area contributed by atoms with Crippen LogP contribution in [0.15, 0.2) is 48.8 Å². The number of aromatic nitrogens is 2. The van der Waals surface area contributed by atoms with Crippen molar-refractivity contribution >= 4 is 5.65 Å². The van der Waals surface area contributed by atoms with Crippen LogP contribution < -0.4 is 10.5 Å². The molecular weight excluding hydrogens is 269 g/mol. The van der Waals surface area contributed by atoms with Gasteiger partial charge in [0.15, 0.2) is 11.4 Å². The number of hydrogen-bond donors (Lipinski definition) is 1. The van der Waals surface area contributed by atoms with Crippen LogP contribution >= 0.6 is 0 Å². The van der Waals surface area contributed by atoms with E-state index in [0.717, 1.165) is 11.3 Å². The highest BCUT2D eigenvalue weighted by Crippen LogP contribution is 2.21. The van der Waals surface area contributed by atoms with Crippen LogP contribution in [0.5, 0.6) is 5.75 Å². The third-order valence-corrected chi connectivity index (χ3v) is 3.24. The Morgan fingerprint density at radius 3 is 2.86 bits per heavy atom. The standard InChI is InChI=1S/C16H16FN3O/c17-14-5-2-1-4-12(14)11-21-15-6-3-9-20-10-13(7-8-18)19-16(15)20/h1-6,9-10H,7-8,11,18H2. The zero-order valence-corrected chi connectivity index (χ0v) is 11.5. The predicted molar refractivity (Wildman–Crippen MR) is 78.7 cm³/mol. The summed E-state index contributed by atoms with van der Waals surface area (Å²) in [6.45, 7) is 0.723. The van der Waals surface area contributed by atoms with E-state index in [1.165, 1.54) is 6.07 Å². The smallest absolute Gasteiger partial charge is 0.179 e. The summed E-state index contributed by atoms with van der Waals surface area (Å²) in [6.07, 6.45) is 4.55. The summed E-state index contributed by atoms with van der Waals surface area (Å²) < 4.78 is 21.2. The van der Waals surface area contributed by atoms with E-state index >= 15 is 0 Å². The Morgan fingerprint density at radius 2 is 2.05 bits per heavy atom. The zero-order chi connectivity index (χ0) is 14.7. The highest BCUT2D eigenvalue weighted by Gasteiger charge is 2.08. The molecule has 108 valence electrons. The molecule has 0 amide bonds. The molecule has 0 aliphatic carbocycles. The molecule has 5 heteroatoms. The molecule has 1 aromatic carbocycles. The third-order valence-electron chi connectivity index (χ3n) is 3.24. The molecule has 0 bridgehead atoms. The number of imidazole rings is 1. The van der Waals surface area contributed by atoms with Crippen molar-refractivity contribution < 1.29 is 9.13 Å². The molecule has 2 N–H and O–H groups in total. The van der Waals surface area contributed by atoms with Crippen molar-refractivity contribution in [2.45, 2.75) is 13.0 Å². The Morgan fingerprint density at radius 1 is 1.19 bits per heavy atom. The van der Waals surface area contributed by atoms with Crippen LogP contribution in [0.25, 0.3) is 5.65 Å². The van der Waals surface area contributed by atoms with Gasteiger partial charge in [-0.05, 0) is 24.7 Å². The Kier molecular flexibility index (Phi) is 3.83. The molecule has 0 fully saturated rings. The summed E-state index contributed by atoms with van der Waals surface area (Å²) in [5.41, 5.74) is 7.71. The summed E-state index contributed by atoms with van der Waals surface area (Å²) in [7, 11) is 0. The van der Waals surface area contributed by atoms with Crippen molar-refractivity contribution in [2.24, 2.45) is 5.73 Å². The van der Waals surface area contributed by atoms with E-state index in [0.29, 0.717) is 24.3 Å². The Bertz CT molecular complexity index is 754. The third kappa shape index (κ3) is 2.87. The lowest BCUT2D eigenvalue weighted by Gasteiger charge is -2.07. The Hall–Kier alpha value is -2.40. The predicted octanol–water partition coefficient (Wildman–Crippen LogP) is 2.55. The van der Waals surface area contributed by atoms with E-state index < -0.39 is 0 Å². The second-order valence-electron chi connectivity index (χ2n) is 4.75. The second-order valence-corrected chi connectivity index (χ2v) is 4.75. The van der Waals surface area contributed by atoms with Gasteiger partial charge in [0, 0.05) is 24.4 Å². The molecule has 3 aromatic rings. The molecule has 21 heavy (non-hydrogen) atoms. The van der Waals surface area contributed by atoms with E-state index in [9.17, 15) is 4.39 Å². The molecule has 0 unspecified atom stereocenters. The van der Waals surface area contributed by atoms with Crippen molar-refractivity contribution in [1.29, 1.82) is 0 Å². The van der Waals surface area contributed by atoms with E-state index in [2.05, 4.69) is 4.98 Å². The fraction of sp³-hybridized carbons (Fsp3) is 0.188. The monoisotopic (exact) mass is 285 g/mol. The van der Waals surface area contributed by atoms with Crippen molar-refractivity contribution in [1.82, 2.24) is 9.38 Å². The topological polar surface area (TPSA) is 52.5 Å². The number of fused-ring (bicyclic) bond motifs is 1. The van der Waals surface area contributed by atoms with Crippen molar-refractivity contribution in [2.75, 3.05) is 6.54 Å². The number of nitrogens with zero attached hydrogens (tertiary/aromatic N) is 2. The molecule has 0 saturated heterocycles. The minimum Gasteiger partial charge on any atom is -0.485 e. The molecule has 4 nitrogen and oxygen atoms in total. The van der Waals surface area contributed by atoms with Crippen LogP contribution in [0.4, 0.5) is 4.39 Å². The van der Waals surface area contributed by atoms with Gasteiger partial charge in [0.05, 0.1) is 5.69 Å². The van der Waals surface area contributed by atoms with E-state index in [-0.39, 0.29) is 12.4 Å². The van der Waals surface area contributed by atoms with Crippen LogP contribution in [0.2, 0.25) is 0 Å². The van der Waals surface area contributed by atoms with Crippen molar-refractivity contribution in [3.8, 4) is 5.75 Å². The number of nitrogens with two attached hydrogens (primary N) is 1. The van der Waals surface area contributed by atoms with Crippen molar-refractivity contribution in [3.05, 3.63) is 65.9 Å². The van der Waals surface area contributed by atoms with Crippen LogP contribution in [0, 0.1) is 5.82 Å². The lowest BCUT2D eigenvalue weighted by Crippen LogP contribution is -2.02. The molecule has 0 aliphatic heterocycles. The SMILES string of the molecule is NCCc1cn2cccc(OCc3ccccc3F)c2n1. The normalized spacial score (nSPS) is 11.0. The van der Waals surface area contributed by atoms with Crippen LogP contribution in [0.3, 0.4) is 0 Å². The van der Waals surface area contributed by atoms with E-state index in [1.54, 1.807) is 18.2 Å². The maximum atomic E-state index is 13.6. The van der Waals surface area contributed by atoms with Gasteiger partial charge in [-0.2, -0.15) is 0 Å². The minimum atomic E-state index is -0.267. The average Bonchev–Trinajstić information content (AvgIpc) is 2.90. The van der Waals surface area contributed by atoms with Gasteiger partial charge in [0.1, 0.15) is 12.4 Å². The maximum Gasteiger partial charge on any atom is 0.179 e. The largest absolute Gasteiger partial charge is 0.485 e. The molecule has 0 saturated carbocycles. The van der Waals surface area contributed by atoms with E-state index in [4.69, 9.17) is 10.5 Å². The quantitative estimate of drug-likeness (QED) is 0.784. The summed E-state index contributed by atoms with van der Waals surface area (Å²) in [4.78, 5) is 4.50. The fourth-order valence-electron chi connectivity index (χ4n) is 2.19. The Labute approximate surface area is 122 Å². The van der Waals surface area contributed by atoms with Crippen LogP contribution in [-0.4, -0.2) is 15.9 Å². The summed E-state index contributed by atoms with van der Waals surface area (Å²) >= 11 is 0. The minimum absolute atomic E-state index is 0.172. The number of halogens is 1. The average molecular weight is 285 g/mol. The van der Waals surface area contributed by atoms with E-state index in [1.807, 2.05) is 28.9 Å². The molecule has 0 aliphatic rings. The first-order valence-corrected chi connectivity index (χ1v) is 6.81. The number of hydrogen-bond acceptors (Lipinski definition) is 3. The van der Waals surface area contributed by atoms with Gasteiger partial charge in [0.2, 0.25) is 0 Å². The first-order chi connectivity index (χ1) is 10.3. The summed E-state index contributed by atoms with van der Waals surface area (Å²) in [5.74, 6) is 0.362. The number of pyridine rings is 1. The van der Waals surface area contributed by atoms with Gasteiger partial charge in [-0.15, -0.1) is 0 Å². The highest BCUT2D eigenvalue weighted by atomic mass is 19.1. The lowest BCUT2D eigenvalue weighted by atomic mass is 10.2. The fourth-order valence-corrected chi connectivity index (χ4v) is 2.19. The second kappa shape index (κ2) is 5.93.